The van der Waals surface area contributed by atoms with E-state index in [0.717, 1.165) is 44.4 Å². The number of rotatable bonds is 4. The molecule has 2 fully saturated rings. The number of carbonyl (C=O) groups excluding carboxylic acids is 1. The zero-order valence-corrected chi connectivity index (χ0v) is 11.4. The highest BCUT2D eigenvalue weighted by Gasteiger charge is 2.33. The Kier molecular flexibility index (Phi) is 4.44. The van der Waals surface area contributed by atoms with Gasteiger partial charge in [0, 0.05) is 25.7 Å². The van der Waals surface area contributed by atoms with Crippen molar-refractivity contribution in [3.8, 4) is 0 Å². The van der Waals surface area contributed by atoms with Crippen molar-refractivity contribution in [2.75, 3.05) is 26.2 Å². The summed E-state index contributed by atoms with van der Waals surface area (Å²) in [6.45, 7) is 7.14. The summed E-state index contributed by atoms with van der Waals surface area (Å²) in [4.78, 5) is 18.2. The summed E-state index contributed by atoms with van der Waals surface area (Å²) in [5, 5.41) is 6.54. The molecule has 1 amide bonds. The fourth-order valence-corrected chi connectivity index (χ4v) is 2.23. The van der Waals surface area contributed by atoms with Gasteiger partial charge in [-0.1, -0.05) is 6.92 Å². The van der Waals surface area contributed by atoms with Gasteiger partial charge in [-0.2, -0.15) is 0 Å². The van der Waals surface area contributed by atoms with E-state index in [9.17, 15) is 4.79 Å². The third-order valence-electron chi connectivity index (χ3n) is 3.61. The normalized spacial score (nSPS) is 27.2. The Labute approximate surface area is 109 Å². The first kappa shape index (κ1) is 13.2. The molecule has 1 saturated carbocycles. The zero-order chi connectivity index (χ0) is 13.0. The number of guanidine groups is 1. The number of hydrogen-bond acceptors (Lipinski definition) is 2. The number of hydrogen-bond donors (Lipinski definition) is 2. The first-order valence-electron chi connectivity index (χ1n) is 7.03. The van der Waals surface area contributed by atoms with Gasteiger partial charge in [-0.25, -0.2) is 4.99 Å². The summed E-state index contributed by atoms with van der Waals surface area (Å²) in [7, 11) is 0. The largest absolute Gasteiger partial charge is 0.357 e. The second kappa shape index (κ2) is 6.07. The predicted molar refractivity (Wildman–Crippen MR) is 72.5 cm³/mol. The first-order chi connectivity index (χ1) is 8.70. The van der Waals surface area contributed by atoms with Crippen molar-refractivity contribution in [1.29, 1.82) is 0 Å². The van der Waals surface area contributed by atoms with Gasteiger partial charge in [0.2, 0.25) is 5.91 Å². The van der Waals surface area contributed by atoms with Gasteiger partial charge in [0.15, 0.2) is 5.96 Å². The maximum atomic E-state index is 11.9. The van der Waals surface area contributed by atoms with Crippen molar-refractivity contribution in [3.63, 3.8) is 0 Å². The smallest absolute Gasteiger partial charge is 0.244 e. The quantitative estimate of drug-likeness (QED) is 0.568. The van der Waals surface area contributed by atoms with Crippen molar-refractivity contribution in [3.05, 3.63) is 0 Å². The van der Waals surface area contributed by atoms with Crippen LogP contribution in [0, 0.1) is 5.92 Å². The lowest BCUT2D eigenvalue weighted by Gasteiger charge is -2.15. The van der Waals surface area contributed by atoms with Crippen LogP contribution in [-0.4, -0.2) is 49.0 Å². The standard InChI is InChI=1S/C13H24N4O/c1-3-14-13(16-11-8-10(11)2)15-9-12(18)17-6-4-5-7-17/h10-11H,3-9H2,1-2H3,(H2,14,15,16). The van der Waals surface area contributed by atoms with Crippen LogP contribution in [0.1, 0.15) is 33.1 Å². The Morgan fingerprint density at radius 3 is 2.61 bits per heavy atom. The molecule has 1 saturated heterocycles. The maximum Gasteiger partial charge on any atom is 0.244 e. The van der Waals surface area contributed by atoms with E-state index in [1.807, 2.05) is 11.8 Å². The summed E-state index contributed by atoms with van der Waals surface area (Å²) in [6.07, 6.45) is 3.46. The van der Waals surface area contributed by atoms with Crippen LogP contribution < -0.4 is 10.6 Å². The third-order valence-corrected chi connectivity index (χ3v) is 3.61. The Hall–Kier alpha value is -1.26. The van der Waals surface area contributed by atoms with Crippen LogP contribution in [0.2, 0.25) is 0 Å². The van der Waals surface area contributed by atoms with Crippen molar-refractivity contribution < 1.29 is 4.79 Å². The van der Waals surface area contributed by atoms with Gasteiger partial charge in [-0.15, -0.1) is 0 Å². The van der Waals surface area contributed by atoms with Crippen LogP contribution in [0.25, 0.3) is 0 Å². The van der Waals surface area contributed by atoms with Crippen molar-refractivity contribution >= 4 is 11.9 Å². The van der Waals surface area contributed by atoms with E-state index in [-0.39, 0.29) is 12.5 Å². The topological polar surface area (TPSA) is 56.7 Å². The van der Waals surface area contributed by atoms with Gasteiger partial charge in [-0.05, 0) is 32.1 Å². The van der Waals surface area contributed by atoms with Gasteiger partial charge >= 0.3 is 0 Å². The maximum absolute atomic E-state index is 11.9. The average Bonchev–Trinajstić information content (AvgIpc) is 2.86. The molecule has 0 radical (unpaired) electrons. The van der Waals surface area contributed by atoms with E-state index in [2.05, 4.69) is 22.5 Å². The molecular weight excluding hydrogens is 228 g/mol. The minimum absolute atomic E-state index is 0.147. The Bertz CT molecular complexity index is 323. The molecule has 18 heavy (non-hydrogen) atoms. The van der Waals surface area contributed by atoms with Crippen LogP contribution in [0.15, 0.2) is 4.99 Å². The molecule has 2 unspecified atom stereocenters. The second-order valence-electron chi connectivity index (χ2n) is 5.25. The monoisotopic (exact) mass is 252 g/mol. The minimum Gasteiger partial charge on any atom is -0.357 e. The molecule has 0 aromatic heterocycles. The molecule has 2 atom stereocenters. The highest BCUT2D eigenvalue weighted by atomic mass is 16.2. The number of likely N-dealkylation sites (tertiary alicyclic amines) is 1. The lowest BCUT2D eigenvalue weighted by molar-refractivity contribution is -0.128. The highest BCUT2D eigenvalue weighted by molar-refractivity contribution is 5.85. The number of carbonyl (C=O) groups is 1. The molecule has 2 rings (SSSR count). The number of amides is 1. The van der Waals surface area contributed by atoms with Gasteiger partial charge < -0.3 is 15.5 Å². The van der Waals surface area contributed by atoms with E-state index in [1.54, 1.807) is 0 Å². The Balaban J connectivity index is 1.80. The van der Waals surface area contributed by atoms with Gasteiger partial charge in [0.1, 0.15) is 6.54 Å². The SMILES string of the molecule is CCNC(=NCC(=O)N1CCCC1)NC1CC1C. The van der Waals surface area contributed by atoms with Crippen molar-refractivity contribution in [1.82, 2.24) is 15.5 Å². The molecule has 2 aliphatic rings. The lowest BCUT2D eigenvalue weighted by Crippen LogP contribution is -2.40. The van der Waals surface area contributed by atoms with E-state index < -0.39 is 0 Å². The third kappa shape index (κ3) is 3.62. The molecule has 0 spiro atoms. The summed E-state index contributed by atoms with van der Waals surface area (Å²) >= 11 is 0. The van der Waals surface area contributed by atoms with Gasteiger partial charge in [-0.3, -0.25) is 4.79 Å². The van der Waals surface area contributed by atoms with Crippen LogP contribution in [0.4, 0.5) is 0 Å². The van der Waals surface area contributed by atoms with E-state index in [1.165, 1.54) is 6.42 Å². The Morgan fingerprint density at radius 2 is 2.06 bits per heavy atom. The number of aliphatic imine (C=N–C) groups is 1. The summed E-state index contributed by atoms with van der Waals surface area (Å²) in [5.41, 5.74) is 0. The lowest BCUT2D eigenvalue weighted by atomic mass is 10.4. The zero-order valence-electron chi connectivity index (χ0n) is 11.4. The molecule has 0 bridgehead atoms. The molecule has 5 heteroatoms. The molecule has 0 aromatic rings. The molecule has 1 heterocycles. The van der Waals surface area contributed by atoms with Crippen LogP contribution in [0.5, 0.6) is 0 Å². The number of nitrogens with zero attached hydrogens (tertiary/aromatic N) is 2. The molecule has 1 aliphatic carbocycles. The van der Waals surface area contributed by atoms with E-state index in [0.29, 0.717) is 6.04 Å². The van der Waals surface area contributed by atoms with Crippen LogP contribution in [0.3, 0.4) is 0 Å². The van der Waals surface area contributed by atoms with Crippen LogP contribution in [-0.2, 0) is 4.79 Å². The van der Waals surface area contributed by atoms with Crippen molar-refractivity contribution in [2.24, 2.45) is 10.9 Å². The fourth-order valence-electron chi connectivity index (χ4n) is 2.23. The molecule has 102 valence electrons. The Morgan fingerprint density at radius 1 is 1.39 bits per heavy atom. The summed E-state index contributed by atoms with van der Waals surface area (Å²) in [5.74, 6) is 1.65. The average molecular weight is 252 g/mol. The van der Waals surface area contributed by atoms with Gasteiger partial charge in [0.25, 0.3) is 0 Å². The fraction of sp³-hybridized carbons (Fsp3) is 0.846. The molecule has 1 aliphatic heterocycles. The molecule has 2 N–H and O–H groups in total. The van der Waals surface area contributed by atoms with E-state index >= 15 is 0 Å². The van der Waals surface area contributed by atoms with Gasteiger partial charge in [0.05, 0.1) is 0 Å². The molecule has 0 aromatic carbocycles. The van der Waals surface area contributed by atoms with Crippen LogP contribution >= 0.6 is 0 Å². The summed E-state index contributed by atoms with van der Waals surface area (Å²) in [6, 6.07) is 0.532. The van der Waals surface area contributed by atoms with E-state index in [4.69, 9.17) is 0 Å². The molecule has 5 nitrogen and oxygen atoms in total. The van der Waals surface area contributed by atoms with Crippen molar-refractivity contribution in [2.45, 2.75) is 39.2 Å². The molecular formula is C13H24N4O. The minimum atomic E-state index is 0.147. The predicted octanol–water partition coefficient (Wildman–Crippen LogP) is 0.572. The summed E-state index contributed by atoms with van der Waals surface area (Å²) < 4.78 is 0. The highest BCUT2D eigenvalue weighted by Crippen LogP contribution is 2.28. The first-order valence-corrected chi connectivity index (χ1v) is 7.03. The second-order valence-corrected chi connectivity index (χ2v) is 5.25. The number of nitrogens with one attached hydrogen (secondary N) is 2.